The van der Waals surface area contributed by atoms with Crippen LogP contribution < -0.4 is 14.8 Å². The summed E-state index contributed by atoms with van der Waals surface area (Å²) < 4.78 is 33.0. The van der Waals surface area contributed by atoms with Crippen molar-refractivity contribution < 1.29 is 13.2 Å². The quantitative estimate of drug-likeness (QED) is 0.627. The summed E-state index contributed by atoms with van der Waals surface area (Å²) in [5.41, 5.74) is 3.47. The molecule has 3 rings (SSSR count). The molecule has 0 spiro atoms. The van der Waals surface area contributed by atoms with Gasteiger partial charge in [-0.05, 0) is 60.9 Å². The molecule has 0 radical (unpaired) electrons. The topological polar surface area (TPSA) is 80.3 Å². The van der Waals surface area contributed by atoms with E-state index in [0.717, 1.165) is 22.6 Å². The molecule has 6 nitrogen and oxygen atoms in total. The normalized spacial score (nSPS) is 11.1. The predicted molar refractivity (Wildman–Crippen MR) is 111 cm³/mol. The highest BCUT2D eigenvalue weighted by molar-refractivity contribution is 7.92. The van der Waals surface area contributed by atoms with Crippen molar-refractivity contribution in [3.05, 3.63) is 77.5 Å². The molecule has 3 aromatic rings. The van der Waals surface area contributed by atoms with Gasteiger partial charge in [-0.1, -0.05) is 24.3 Å². The van der Waals surface area contributed by atoms with Crippen LogP contribution in [0.4, 0.5) is 11.5 Å². The lowest BCUT2D eigenvalue weighted by atomic mass is 10.2. The summed E-state index contributed by atoms with van der Waals surface area (Å²) in [5.74, 6) is 1.09. The maximum Gasteiger partial charge on any atom is 0.263 e. The molecular weight excluding hydrogens is 374 g/mol. The Morgan fingerprint density at radius 3 is 2.39 bits per heavy atom. The van der Waals surface area contributed by atoms with Gasteiger partial charge in [0.25, 0.3) is 10.0 Å². The van der Waals surface area contributed by atoms with Crippen molar-refractivity contribution in [1.29, 1.82) is 0 Å². The number of hydrogen-bond acceptors (Lipinski definition) is 5. The van der Waals surface area contributed by atoms with E-state index in [1.807, 2.05) is 37.3 Å². The summed E-state index contributed by atoms with van der Waals surface area (Å²) in [5, 5.41) is 3.26. The fourth-order valence-corrected chi connectivity index (χ4v) is 4.03. The SMILES string of the molecule is COc1ccc(CNc2ccc(NS(=O)(=O)c3cc(C)ccc3C)nc2)cc1. The number of sulfonamides is 1. The first-order chi connectivity index (χ1) is 13.4. The van der Waals surface area contributed by atoms with Crippen LogP contribution in [-0.2, 0) is 16.6 Å². The molecule has 0 unspecified atom stereocenters. The molecule has 2 aromatic carbocycles. The van der Waals surface area contributed by atoms with Crippen molar-refractivity contribution in [3.63, 3.8) is 0 Å². The second kappa shape index (κ2) is 8.31. The third-order valence-corrected chi connectivity index (χ3v) is 5.79. The van der Waals surface area contributed by atoms with Gasteiger partial charge in [0, 0.05) is 6.54 Å². The fraction of sp³-hybridized carbons (Fsp3) is 0.190. The van der Waals surface area contributed by atoms with Gasteiger partial charge < -0.3 is 10.1 Å². The van der Waals surface area contributed by atoms with E-state index in [1.165, 1.54) is 0 Å². The van der Waals surface area contributed by atoms with Gasteiger partial charge >= 0.3 is 0 Å². The number of ether oxygens (including phenoxy) is 1. The van der Waals surface area contributed by atoms with E-state index >= 15 is 0 Å². The summed E-state index contributed by atoms with van der Waals surface area (Å²) in [6, 6.07) is 16.5. The Labute approximate surface area is 165 Å². The molecule has 0 atom stereocenters. The number of hydrogen-bond donors (Lipinski definition) is 2. The standard InChI is InChI=1S/C21H23N3O3S/c1-15-4-5-16(2)20(12-15)28(25,26)24-21-11-8-18(14-23-21)22-13-17-6-9-19(27-3)10-7-17/h4-12,14,22H,13H2,1-3H3,(H,23,24). The number of aromatic nitrogens is 1. The lowest BCUT2D eigenvalue weighted by molar-refractivity contribution is 0.414. The third kappa shape index (κ3) is 4.80. The Morgan fingerprint density at radius 2 is 1.75 bits per heavy atom. The van der Waals surface area contributed by atoms with Crippen LogP contribution in [0, 0.1) is 13.8 Å². The average molecular weight is 398 g/mol. The summed E-state index contributed by atoms with van der Waals surface area (Å²) in [7, 11) is -2.05. The van der Waals surface area contributed by atoms with E-state index in [0.29, 0.717) is 12.1 Å². The van der Waals surface area contributed by atoms with Crippen molar-refractivity contribution in [1.82, 2.24) is 4.98 Å². The molecular formula is C21H23N3O3S. The first-order valence-corrected chi connectivity index (χ1v) is 10.3. The minimum atomic E-state index is -3.69. The van der Waals surface area contributed by atoms with Crippen molar-refractivity contribution in [3.8, 4) is 5.75 Å². The zero-order valence-corrected chi connectivity index (χ0v) is 16.9. The molecule has 1 heterocycles. The van der Waals surface area contributed by atoms with E-state index in [1.54, 1.807) is 44.5 Å². The largest absolute Gasteiger partial charge is 0.497 e. The summed E-state index contributed by atoms with van der Waals surface area (Å²) >= 11 is 0. The Balaban J connectivity index is 1.66. The lowest BCUT2D eigenvalue weighted by Gasteiger charge is -2.11. The van der Waals surface area contributed by atoms with Gasteiger partial charge in [-0.25, -0.2) is 13.4 Å². The van der Waals surface area contributed by atoms with Crippen LogP contribution >= 0.6 is 0 Å². The van der Waals surface area contributed by atoms with Crippen LogP contribution in [0.15, 0.2) is 65.7 Å². The smallest absolute Gasteiger partial charge is 0.263 e. The first kappa shape index (κ1) is 19.7. The van der Waals surface area contributed by atoms with Gasteiger partial charge in [0.15, 0.2) is 0 Å². The van der Waals surface area contributed by atoms with E-state index < -0.39 is 10.0 Å². The van der Waals surface area contributed by atoms with Gasteiger partial charge in [0.2, 0.25) is 0 Å². The number of nitrogens with one attached hydrogen (secondary N) is 2. The monoisotopic (exact) mass is 397 g/mol. The van der Waals surface area contributed by atoms with E-state index in [4.69, 9.17) is 4.74 Å². The fourth-order valence-electron chi connectivity index (χ4n) is 2.70. The van der Waals surface area contributed by atoms with Gasteiger partial charge in [-0.2, -0.15) is 0 Å². The molecule has 0 amide bonds. The van der Waals surface area contributed by atoms with E-state index in [-0.39, 0.29) is 10.7 Å². The summed E-state index contributed by atoms with van der Waals surface area (Å²) in [6.07, 6.45) is 1.60. The molecule has 2 N–H and O–H groups in total. The Bertz CT molecular complexity index is 1050. The van der Waals surface area contributed by atoms with Crippen molar-refractivity contribution in [2.75, 3.05) is 17.1 Å². The molecule has 0 bridgehead atoms. The highest BCUT2D eigenvalue weighted by atomic mass is 32.2. The maximum atomic E-state index is 12.6. The minimum Gasteiger partial charge on any atom is -0.497 e. The highest BCUT2D eigenvalue weighted by Crippen LogP contribution is 2.20. The second-order valence-electron chi connectivity index (χ2n) is 6.51. The molecule has 28 heavy (non-hydrogen) atoms. The number of anilines is 2. The lowest BCUT2D eigenvalue weighted by Crippen LogP contribution is -2.15. The van der Waals surface area contributed by atoms with Crippen molar-refractivity contribution in [2.24, 2.45) is 0 Å². The third-order valence-electron chi connectivity index (χ3n) is 4.29. The second-order valence-corrected chi connectivity index (χ2v) is 8.16. The maximum absolute atomic E-state index is 12.6. The van der Waals surface area contributed by atoms with Crippen LogP contribution in [0.5, 0.6) is 5.75 Å². The number of rotatable bonds is 7. The molecule has 0 saturated carbocycles. The van der Waals surface area contributed by atoms with E-state index in [2.05, 4.69) is 15.0 Å². The molecule has 146 valence electrons. The zero-order chi connectivity index (χ0) is 20.1. The Morgan fingerprint density at radius 1 is 1.00 bits per heavy atom. The minimum absolute atomic E-state index is 0.260. The molecule has 0 aliphatic heterocycles. The van der Waals surface area contributed by atoms with Crippen LogP contribution in [0.3, 0.4) is 0 Å². The molecule has 1 aromatic heterocycles. The van der Waals surface area contributed by atoms with Crippen LogP contribution in [-0.4, -0.2) is 20.5 Å². The van der Waals surface area contributed by atoms with E-state index in [9.17, 15) is 8.42 Å². The number of pyridine rings is 1. The van der Waals surface area contributed by atoms with Crippen LogP contribution in [0.2, 0.25) is 0 Å². The Kier molecular flexibility index (Phi) is 5.84. The molecule has 0 aliphatic rings. The van der Waals surface area contributed by atoms with Gasteiger partial charge in [-0.3, -0.25) is 4.72 Å². The van der Waals surface area contributed by atoms with Crippen LogP contribution in [0.25, 0.3) is 0 Å². The first-order valence-electron chi connectivity index (χ1n) is 8.80. The molecule has 0 fully saturated rings. The average Bonchev–Trinajstić information content (AvgIpc) is 2.69. The predicted octanol–water partition coefficient (Wildman–Crippen LogP) is 4.12. The Hall–Kier alpha value is -3.06. The number of nitrogens with zero attached hydrogens (tertiary/aromatic N) is 1. The number of methoxy groups -OCH3 is 1. The summed E-state index contributed by atoms with van der Waals surface area (Å²) in [6.45, 7) is 4.26. The number of aryl methyl sites for hydroxylation is 2. The highest BCUT2D eigenvalue weighted by Gasteiger charge is 2.17. The van der Waals surface area contributed by atoms with Gasteiger partial charge in [0.1, 0.15) is 11.6 Å². The summed E-state index contributed by atoms with van der Waals surface area (Å²) in [4.78, 5) is 4.47. The van der Waals surface area contributed by atoms with Crippen molar-refractivity contribution >= 4 is 21.5 Å². The molecule has 7 heteroatoms. The zero-order valence-electron chi connectivity index (χ0n) is 16.1. The van der Waals surface area contributed by atoms with Crippen LogP contribution in [0.1, 0.15) is 16.7 Å². The number of benzene rings is 2. The molecule has 0 saturated heterocycles. The van der Waals surface area contributed by atoms with Gasteiger partial charge in [-0.15, -0.1) is 0 Å². The molecule has 0 aliphatic carbocycles. The van der Waals surface area contributed by atoms with Gasteiger partial charge in [0.05, 0.1) is 23.9 Å². The van der Waals surface area contributed by atoms with Crippen molar-refractivity contribution in [2.45, 2.75) is 25.3 Å².